The number of guanidine groups is 1. The molecule has 2 aromatic carbocycles. The van der Waals surface area contributed by atoms with Crippen molar-refractivity contribution in [3.8, 4) is 5.75 Å². The predicted molar refractivity (Wildman–Crippen MR) is 113 cm³/mol. The second kappa shape index (κ2) is 10.3. The molecule has 1 aliphatic heterocycles. The van der Waals surface area contributed by atoms with Crippen LogP contribution in [0.1, 0.15) is 24.8 Å². The molecular weight excluding hydrogens is 352 g/mol. The standard InChI is InChI=1S/C22H28N4O2/c1-28-20-12-10-18(11-13-20)16-23-21(27)17-24-22(26-14-6-3-7-15-26)25-19-8-4-2-5-9-19/h2,4-5,8-13H,3,6-7,14-17H2,1H3,(H,23,27)(H,24,25). The van der Waals surface area contributed by atoms with Crippen LogP contribution in [0.5, 0.6) is 5.75 Å². The number of ether oxygens (including phenoxy) is 1. The van der Waals surface area contributed by atoms with Crippen LogP contribution in [0.15, 0.2) is 59.6 Å². The number of benzene rings is 2. The zero-order valence-electron chi connectivity index (χ0n) is 16.4. The van der Waals surface area contributed by atoms with E-state index >= 15 is 0 Å². The average Bonchev–Trinajstić information content (AvgIpc) is 2.77. The van der Waals surface area contributed by atoms with Gasteiger partial charge in [-0.25, -0.2) is 4.99 Å². The van der Waals surface area contributed by atoms with Crippen molar-refractivity contribution in [1.82, 2.24) is 10.2 Å². The second-order valence-corrected chi connectivity index (χ2v) is 6.80. The fourth-order valence-corrected chi connectivity index (χ4v) is 3.12. The van der Waals surface area contributed by atoms with Gasteiger partial charge >= 0.3 is 0 Å². The van der Waals surface area contributed by atoms with E-state index in [0.717, 1.165) is 48.9 Å². The molecule has 1 amide bonds. The Morgan fingerprint density at radius 3 is 2.43 bits per heavy atom. The molecule has 0 saturated carbocycles. The third-order valence-corrected chi connectivity index (χ3v) is 4.71. The molecule has 1 heterocycles. The van der Waals surface area contributed by atoms with Gasteiger partial charge in [-0.15, -0.1) is 0 Å². The number of nitrogens with zero attached hydrogens (tertiary/aromatic N) is 2. The first-order valence-electron chi connectivity index (χ1n) is 9.76. The number of piperidine rings is 1. The van der Waals surface area contributed by atoms with E-state index in [1.54, 1.807) is 7.11 Å². The summed E-state index contributed by atoms with van der Waals surface area (Å²) in [4.78, 5) is 19.1. The van der Waals surface area contributed by atoms with Crippen molar-refractivity contribution in [2.75, 3.05) is 32.1 Å². The average molecular weight is 380 g/mol. The zero-order chi connectivity index (χ0) is 19.6. The molecule has 0 bridgehead atoms. The molecule has 0 radical (unpaired) electrons. The van der Waals surface area contributed by atoms with Crippen molar-refractivity contribution >= 4 is 17.6 Å². The van der Waals surface area contributed by atoms with Crippen molar-refractivity contribution in [3.63, 3.8) is 0 Å². The number of para-hydroxylation sites is 1. The maximum Gasteiger partial charge on any atom is 0.242 e. The van der Waals surface area contributed by atoms with Gasteiger partial charge in [0, 0.05) is 25.3 Å². The van der Waals surface area contributed by atoms with Gasteiger partial charge in [-0.1, -0.05) is 30.3 Å². The maximum absolute atomic E-state index is 12.3. The van der Waals surface area contributed by atoms with E-state index in [0.29, 0.717) is 6.54 Å². The molecule has 1 aliphatic rings. The van der Waals surface area contributed by atoms with Crippen LogP contribution in [0.3, 0.4) is 0 Å². The van der Waals surface area contributed by atoms with E-state index in [9.17, 15) is 4.79 Å². The third-order valence-electron chi connectivity index (χ3n) is 4.71. The van der Waals surface area contributed by atoms with Gasteiger partial charge in [-0.2, -0.15) is 0 Å². The highest BCUT2D eigenvalue weighted by atomic mass is 16.5. The minimum atomic E-state index is -0.0970. The lowest BCUT2D eigenvalue weighted by atomic mass is 10.1. The summed E-state index contributed by atoms with van der Waals surface area (Å²) in [5.41, 5.74) is 2.00. The number of hydrogen-bond acceptors (Lipinski definition) is 3. The number of anilines is 1. The lowest BCUT2D eigenvalue weighted by Gasteiger charge is -2.30. The molecule has 6 nitrogen and oxygen atoms in total. The molecular formula is C22H28N4O2. The van der Waals surface area contributed by atoms with Gasteiger partial charge in [0.2, 0.25) is 5.91 Å². The first-order valence-corrected chi connectivity index (χ1v) is 9.76. The number of nitrogens with one attached hydrogen (secondary N) is 2. The van der Waals surface area contributed by atoms with Crippen LogP contribution in [0.4, 0.5) is 5.69 Å². The van der Waals surface area contributed by atoms with E-state index < -0.39 is 0 Å². The van der Waals surface area contributed by atoms with E-state index in [2.05, 4.69) is 20.5 Å². The van der Waals surface area contributed by atoms with Crippen molar-refractivity contribution in [1.29, 1.82) is 0 Å². The normalized spacial score (nSPS) is 14.5. The number of rotatable bonds is 6. The molecule has 28 heavy (non-hydrogen) atoms. The number of carbonyl (C=O) groups is 1. The Labute approximate surface area is 166 Å². The summed E-state index contributed by atoms with van der Waals surface area (Å²) >= 11 is 0. The van der Waals surface area contributed by atoms with Crippen LogP contribution >= 0.6 is 0 Å². The minimum Gasteiger partial charge on any atom is -0.497 e. The first-order chi connectivity index (χ1) is 13.7. The maximum atomic E-state index is 12.3. The van der Waals surface area contributed by atoms with Gasteiger partial charge < -0.3 is 20.3 Å². The molecule has 0 atom stereocenters. The Morgan fingerprint density at radius 2 is 1.75 bits per heavy atom. The summed E-state index contributed by atoms with van der Waals surface area (Å²) < 4.78 is 5.15. The van der Waals surface area contributed by atoms with Crippen LogP contribution in [0.25, 0.3) is 0 Å². The van der Waals surface area contributed by atoms with Crippen LogP contribution < -0.4 is 15.4 Å². The largest absolute Gasteiger partial charge is 0.497 e. The Balaban J connectivity index is 1.58. The highest BCUT2D eigenvalue weighted by Crippen LogP contribution is 2.13. The van der Waals surface area contributed by atoms with E-state index in [1.165, 1.54) is 6.42 Å². The Morgan fingerprint density at radius 1 is 1.04 bits per heavy atom. The summed E-state index contributed by atoms with van der Waals surface area (Å²) in [5.74, 6) is 1.48. The van der Waals surface area contributed by atoms with Gasteiger partial charge in [-0.3, -0.25) is 4.79 Å². The Bertz CT molecular complexity index is 769. The monoisotopic (exact) mass is 380 g/mol. The Hall–Kier alpha value is -3.02. The molecule has 6 heteroatoms. The van der Waals surface area contributed by atoms with E-state index in [-0.39, 0.29) is 12.5 Å². The van der Waals surface area contributed by atoms with Crippen LogP contribution in [0.2, 0.25) is 0 Å². The smallest absolute Gasteiger partial charge is 0.242 e. The highest BCUT2D eigenvalue weighted by molar-refractivity contribution is 5.95. The zero-order valence-corrected chi connectivity index (χ0v) is 16.4. The van der Waals surface area contributed by atoms with Crippen molar-refractivity contribution in [2.45, 2.75) is 25.8 Å². The summed E-state index contributed by atoms with van der Waals surface area (Å²) in [7, 11) is 1.64. The van der Waals surface area contributed by atoms with E-state index in [1.807, 2.05) is 54.6 Å². The molecule has 148 valence electrons. The number of carbonyl (C=O) groups excluding carboxylic acids is 1. The molecule has 0 spiro atoms. The quantitative estimate of drug-likeness (QED) is 0.596. The lowest BCUT2D eigenvalue weighted by Crippen LogP contribution is -2.40. The van der Waals surface area contributed by atoms with Gasteiger partial charge in [0.1, 0.15) is 12.3 Å². The van der Waals surface area contributed by atoms with Gasteiger partial charge in [0.25, 0.3) is 0 Å². The minimum absolute atomic E-state index is 0.0970. The summed E-state index contributed by atoms with van der Waals surface area (Å²) in [6.07, 6.45) is 3.55. The summed E-state index contributed by atoms with van der Waals surface area (Å²) in [5, 5.41) is 6.30. The molecule has 1 saturated heterocycles. The summed E-state index contributed by atoms with van der Waals surface area (Å²) in [6, 6.07) is 17.6. The predicted octanol–water partition coefficient (Wildman–Crippen LogP) is 3.27. The number of amides is 1. The SMILES string of the molecule is COc1ccc(CNC(=O)CN=C(Nc2ccccc2)N2CCCCC2)cc1. The van der Waals surface area contributed by atoms with Crippen molar-refractivity contribution in [3.05, 3.63) is 60.2 Å². The van der Waals surface area contributed by atoms with Crippen LogP contribution in [0, 0.1) is 0 Å². The fraction of sp³-hybridized carbons (Fsp3) is 0.364. The lowest BCUT2D eigenvalue weighted by molar-refractivity contribution is -0.119. The van der Waals surface area contributed by atoms with Gasteiger partial charge in [-0.05, 0) is 49.1 Å². The molecule has 2 N–H and O–H groups in total. The number of aliphatic imine (C=N–C) groups is 1. The molecule has 0 aliphatic carbocycles. The fourth-order valence-electron chi connectivity index (χ4n) is 3.12. The molecule has 0 unspecified atom stereocenters. The van der Waals surface area contributed by atoms with Gasteiger partial charge in [0.05, 0.1) is 7.11 Å². The molecule has 3 rings (SSSR count). The third kappa shape index (κ3) is 6.01. The topological polar surface area (TPSA) is 66.0 Å². The summed E-state index contributed by atoms with van der Waals surface area (Å²) in [6.45, 7) is 2.50. The highest BCUT2D eigenvalue weighted by Gasteiger charge is 2.15. The molecule has 1 fully saturated rings. The number of methoxy groups -OCH3 is 1. The van der Waals surface area contributed by atoms with E-state index in [4.69, 9.17) is 4.74 Å². The second-order valence-electron chi connectivity index (χ2n) is 6.80. The van der Waals surface area contributed by atoms with Crippen LogP contribution in [-0.2, 0) is 11.3 Å². The van der Waals surface area contributed by atoms with Crippen molar-refractivity contribution in [2.24, 2.45) is 4.99 Å². The number of likely N-dealkylation sites (tertiary alicyclic amines) is 1. The number of hydrogen-bond donors (Lipinski definition) is 2. The van der Waals surface area contributed by atoms with Crippen molar-refractivity contribution < 1.29 is 9.53 Å². The first kappa shape index (κ1) is 19.7. The molecule has 2 aromatic rings. The van der Waals surface area contributed by atoms with Crippen LogP contribution in [-0.4, -0.2) is 43.5 Å². The molecule has 0 aromatic heterocycles. The van der Waals surface area contributed by atoms with Gasteiger partial charge in [0.15, 0.2) is 5.96 Å². The Kier molecular flexibility index (Phi) is 7.29.